The number of nitrogens with zero attached hydrogens (tertiary/aromatic N) is 1. The smallest absolute Gasteiger partial charge is 0.415 e. The van der Waals surface area contributed by atoms with Gasteiger partial charge in [0, 0.05) is 22.1 Å². The van der Waals surface area contributed by atoms with Gasteiger partial charge in [-0.3, -0.25) is 9.69 Å². The first-order valence-corrected chi connectivity index (χ1v) is 10.4. The van der Waals surface area contributed by atoms with E-state index in [1.165, 1.54) is 0 Å². The summed E-state index contributed by atoms with van der Waals surface area (Å²) in [6.07, 6.45) is 3.40. The van der Waals surface area contributed by atoms with Crippen molar-refractivity contribution >= 4 is 40.4 Å². The molecule has 1 aliphatic heterocycles. The molecule has 1 aromatic heterocycles. The highest BCUT2D eigenvalue weighted by Gasteiger charge is 2.33. The Morgan fingerprint density at radius 2 is 1.90 bits per heavy atom. The Morgan fingerprint density at radius 1 is 1.13 bits per heavy atom. The van der Waals surface area contributed by atoms with Gasteiger partial charge in [0.15, 0.2) is 0 Å². The van der Waals surface area contributed by atoms with Crippen LogP contribution < -0.4 is 10.2 Å². The van der Waals surface area contributed by atoms with E-state index < -0.39 is 17.6 Å². The van der Waals surface area contributed by atoms with Gasteiger partial charge in [0.1, 0.15) is 17.4 Å². The van der Waals surface area contributed by atoms with Crippen molar-refractivity contribution in [1.29, 1.82) is 0 Å². The highest BCUT2D eigenvalue weighted by Crippen LogP contribution is 2.40. The third-order valence-electron chi connectivity index (χ3n) is 5.16. The molecule has 6 heteroatoms. The minimum absolute atomic E-state index is 0.0744. The van der Waals surface area contributed by atoms with Gasteiger partial charge in [-0.25, -0.2) is 4.79 Å². The molecule has 160 valence electrons. The number of rotatable bonds is 3. The van der Waals surface area contributed by atoms with Crippen molar-refractivity contribution in [2.75, 3.05) is 16.8 Å². The lowest BCUT2D eigenvalue weighted by molar-refractivity contribution is -0.123. The van der Waals surface area contributed by atoms with Crippen LogP contribution in [0.4, 0.5) is 16.2 Å². The predicted octanol–water partition coefficient (Wildman–Crippen LogP) is 6.15. The molecule has 1 atom stereocenters. The maximum absolute atomic E-state index is 12.9. The van der Waals surface area contributed by atoms with Gasteiger partial charge in [-0.2, -0.15) is 0 Å². The summed E-state index contributed by atoms with van der Waals surface area (Å²) in [5.74, 6) is 0.580. The van der Waals surface area contributed by atoms with Crippen LogP contribution in [0.15, 0.2) is 59.0 Å². The second-order valence-corrected chi connectivity index (χ2v) is 8.54. The Bertz CT molecular complexity index is 1140. The summed E-state index contributed by atoms with van der Waals surface area (Å²) < 4.78 is 11.4. The number of anilines is 2. The van der Waals surface area contributed by atoms with E-state index in [1.807, 2.05) is 75.4 Å². The fourth-order valence-corrected chi connectivity index (χ4v) is 3.51. The second-order valence-electron chi connectivity index (χ2n) is 8.54. The molecular formula is C25H26N2O4. The zero-order valence-electron chi connectivity index (χ0n) is 18.1. The number of ether oxygens (including phenoxy) is 1. The van der Waals surface area contributed by atoms with E-state index in [-0.39, 0.29) is 12.5 Å². The molecule has 0 saturated heterocycles. The molecule has 0 aliphatic carbocycles. The molecule has 4 rings (SSSR count). The number of fused-ring (bicyclic) bond motifs is 2. The number of nitrogens with one attached hydrogen (secondary N) is 1. The lowest BCUT2D eigenvalue weighted by atomic mass is 9.95. The second kappa shape index (κ2) is 7.95. The summed E-state index contributed by atoms with van der Waals surface area (Å²) in [7, 11) is 0. The van der Waals surface area contributed by atoms with Crippen molar-refractivity contribution in [2.24, 2.45) is 5.41 Å². The minimum atomic E-state index is -0.505. The van der Waals surface area contributed by atoms with Crippen LogP contribution in [0.25, 0.3) is 17.0 Å². The van der Waals surface area contributed by atoms with Crippen molar-refractivity contribution in [3.8, 4) is 0 Å². The van der Waals surface area contributed by atoms with Crippen LogP contribution in [-0.2, 0) is 9.53 Å². The van der Waals surface area contributed by atoms with Gasteiger partial charge in [0.25, 0.3) is 0 Å². The van der Waals surface area contributed by atoms with Crippen molar-refractivity contribution in [3.05, 3.63) is 65.9 Å². The third kappa shape index (κ3) is 4.06. The summed E-state index contributed by atoms with van der Waals surface area (Å²) in [5, 5.41) is 3.91. The molecule has 0 saturated carbocycles. The Hall–Kier alpha value is -3.54. The molecule has 1 aliphatic rings. The van der Waals surface area contributed by atoms with Crippen LogP contribution in [0.5, 0.6) is 0 Å². The Kier molecular flexibility index (Phi) is 5.31. The maximum Gasteiger partial charge on any atom is 0.415 e. The molecule has 0 fully saturated rings. The number of furan rings is 1. The van der Waals surface area contributed by atoms with E-state index in [9.17, 15) is 9.59 Å². The highest BCUT2D eigenvalue weighted by molar-refractivity contribution is 5.98. The molecule has 0 spiro atoms. The van der Waals surface area contributed by atoms with Gasteiger partial charge < -0.3 is 14.5 Å². The monoisotopic (exact) mass is 418 g/mol. The number of carbonyl (C=O) groups is 2. The van der Waals surface area contributed by atoms with Crippen LogP contribution in [0.3, 0.4) is 0 Å². The zero-order chi connectivity index (χ0) is 22.2. The summed E-state index contributed by atoms with van der Waals surface area (Å²) in [4.78, 5) is 26.9. The average Bonchev–Trinajstić information content (AvgIpc) is 3.16. The standard InChI is InChI=1S/C25H26N2O4/c1-5-30-24(29)27-19-13-11-18(26-23(28)25(2,3)4)14-16(19)10-12-20(27)22-15-17-8-6-7-9-21(17)31-22/h6-15,20H,5H2,1-4H3,(H,26,28). The fraction of sp³-hybridized carbons (Fsp3) is 0.280. The number of hydrogen-bond donors (Lipinski definition) is 1. The van der Waals surface area contributed by atoms with E-state index >= 15 is 0 Å². The van der Waals surface area contributed by atoms with Crippen LogP contribution in [0.2, 0.25) is 0 Å². The molecule has 6 nitrogen and oxygen atoms in total. The van der Waals surface area contributed by atoms with Crippen molar-refractivity contribution < 1.29 is 18.7 Å². The number of amides is 2. The van der Waals surface area contributed by atoms with E-state index in [0.717, 1.165) is 16.5 Å². The molecule has 2 amide bonds. The molecule has 0 bridgehead atoms. The average molecular weight is 418 g/mol. The van der Waals surface area contributed by atoms with Crippen LogP contribution in [0.1, 0.15) is 45.1 Å². The van der Waals surface area contributed by atoms with E-state index in [1.54, 1.807) is 17.9 Å². The van der Waals surface area contributed by atoms with Crippen LogP contribution >= 0.6 is 0 Å². The summed E-state index contributed by atoms with van der Waals surface area (Å²) in [6.45, 7) is 7.63. The predicted molar refractivity (Wildman–Crippen MR) is 122 cm³/mol. The van der Waals surface area contributed by atoms with Gasteiger partial charge in [-0.05, 0) is 37.3 Å². The van der Waals surface area contributed by atoms with Gasteiger partial charge in [-0.1, -0.05) is 51.1 Å². The quantitative estimate of drug-likeness (QED) is 0.554. The van der Waals surface area contributed by atoms with Crippen LogP contribution in [-0.4, -0.2) is 18.6 Å². The molecule has 2 aromatic carbocycles. The first-order chi connectivity index (χ1) is 14.8. The Labute approximate surface area is 181 Å². The minimum Gasteiger partial charge on any atom is -0.459 e. The van der Waals surface area contributed by atoms with Gasteiger partial charge >= 0.3 is 6.09 Å². The summed E-state index contributed by atoms with van der Waals surface area (Å²) >= 11 is 0. The van der Waals surface area contributed by atoms with Gasteiger partial charge in [0.05, 0.1) is 12.3 Å². The normalized spacial score (nSPS) is 15.6. The third-order valence-corrected chi connectivity index (χ3v) is 5.16. The number of carbonyl (C=O) groups excluding carboxylic acids is 2. The fourth-order valence-electron chi connectivity index (χ4n) is 3.51. The first-order valence-electron chi connectivity index (χ1n) is 10.4. The first kappa shape index (κ1) is 20.7. The van der Waals surface area contributed by atoms with Gasteiger partial charge in [-0.15, -0.1) is 0 Å². The molecule has 3 aromatic rings. The Morgan fingerprint density at radius 3 is 2.61 bits per heavy atom. The molecule has 1 unspecified atom stereocenters. The topological polar surface area (TPSA) is 71.8 Å². The van der Waals surface area contributed by atoms with Gasteiger partial charge in [0.2, 0.25) is 5.91 Å². The lowest BCUT2D eigenvalue weighted by Crippen LogP contribution is -2.36. The van der Waals surface area contributed by atoms with Crippen molar-refractivity contribution in [1.82, 2.24) is 0 Å². The van der Waals surface area contributed by atoms with Crippen LogP contribution in [0, 0.1) is 5.41 Å². The van der Waals surface area contributed by atoms with E-state index in [2.05, 4.69) is 5.32 Å². The van der Waals surface area contributed by atoms with E-state index in [0.29, 0.717) is 17.1 Å². The van der Waals surface area contributed by atoms with E-state index in [4.69, 9.17) is 9.15 Å². The lowest BCUT2D eigenvalue weighted by Gasteiger charge is -2.32. The SMILES string of the molecule is CCOC(=O)N1c2ccc(NC(=O)C(C)(C)C)cc2C=CC1c1cc2ccccc2o1. The zero-order valence-corrected chi connectivity index (χ0v) is 18.1. The molecule has 2 heterocycles. The summed E-state index contributed by atoms with van der Waals surface area (Å²) in [6, 6.07) is 14.7. The molecule has 1 N–H and O–H groups in total. The molecule has 31 heavy (non-hydrogen) atoms. The van der Waals surface area contributed by atoms with Crippen molar-refractivity contribution in [2.45, 2.75) is 33.7 Å². The van der Waals surface area contributed by atoms with Crippen molar-refractivity contribution in [3.63, 3.8) is 0 Å². The maximum atomic E-state index is 12.9. The highest BCUT2D eigenvalue weighted by atomic mass is 16.6. The summed E-state index contributed by atoms with van der Waals surface area (Å²) in [5.41, 5.74) is 2.44. The molecule has 0 radical (unpaired) electrons. The number of para-hydroxylation sites is 1. The number of benzene rings is 2. The number of hydrogen-bond acceptors (Lipinski definition) is 4. The molecular weight excluding hydrogens is 392 g/mol. The Balaban J connectivity index is 1.72. The largest absolute Gasteiger partial charge is 0.459 e.